The van der Waals surface area contributed by atoms with Gasteiger partial charge in [-0.15, -0.1) is 0 Å². The molecular formula is C10H17NO6P2. The van der Waals surface area contributed by atoms with Crippen LogP contribution < -0.4 is 5.32 Å². The molecule has 1 aromatic rings. The van der Waals surface area contributed by atoms with Gasteiger partial charge in [0, 0.05) is 6.54 Å². The second-order valence-corrected chi connectivity index (χ2v) is 8.04. The first kappa shape index (κ1) is 16.5. The van der Waals surface area contributed by atoms with Crippen LogP contribution in [0.4, 0.5) is 0 Å². The minimum atomic E-state index is -4.90. The van der Waals surface area contributed by atoms with Crippen molar-refractivity contribution in [1.82, 2.24) is 5.32 Å². The van der Waals surface area contributed by atoms with E-state index < -0.39 is 20.7 Å². The van der Waals surface area contributed by atoms with Gasteiger partial charge in [-0.1, -0.05) is 29.8 Å². The molecule has 0 heterocycles. The zero-order valence-electron chi connectivity index (χ0n) is 10.3. The molecular weight excluding hydrogens is 292 g/mol. The molecule has 108 valence electrons. The molecule has 19 heavy (non-hydrogen) atoms. The summed E-state index contributed by atoms with van der Waals surface area (Å²) in [6.45, 7) is 1.97. The zero-order chi connectivity index (χ0) is 14.7. The molecule has 0 saturated heterocycles. The Morgan fingerprint density at radius 1 is 1.16 bits per heavy atom. The number of rotatable bonds is 6. The topological polar surface area (TPSA) is 127 Å². The summed E-state index contributed by atoms with van der Waals surface area (Å²) in [6.07, 6.45) is 0.415. The standard InChI is InChI=1S/C10H17NO6P2/c1-8-3-2-4-9(7-8)5-6-11-10(18(12,13)14)19(15,16)17/h2-4,7,10-11H,5-6H2,1H3,(H2,12,13,14)(H2,15,16,17). The van der Waals surface area contributed by atoms with Gasteiger partial charge in [-0.3, -0.25) is 14.4 Å². The minimum absolute atomic E-state index is 0.0599. The molecule has 1 rings (SSSR count). The third-order valence-corrected chi connectivity index (χ3v) is 5.90. The van der Waals surface area contributed by atoms with Gasteiger partial charge in [-0.2, -0.15) is 0 Å². The summed E-state index contributed by atoms with van der Waals surface area (Å²) < 4.78 is 22.0. The van der Waals surface area contributed by atoms with E-state index in [0.717, 1.165) is 11.1 Å². The van der Waals surface area contributed by atoms with Crippen LogP contribution in [0, 0.1) is 6.92 Å². The lowest BCUT2D eigenvalue weighted by Gasteiger charge is -2.20. The molecule has 0 bridgehead atoms. The average molecular weight is 309 g/mol. The average Bonchev–Trinajstić information content (AvgIpc) is 2.21. The fraction of sp³-hybridized carbons (Fsp3) is 0.400. The Labute approximate surface area is 111 Å². The number of hydrogen-bond donors (Lipinski definition) is 5. The first-order valence-electron chi connectivity index (χ1n) is 5.50. The van der Waals surface area contributed by atoms with Crippen LogP contribution in [0.25, 0.3) is 0 Å². The second kappa shape index (κ2) is 6.29. The van der Waals surface area contributed by atoms with Crippen molar-refractivity contribution in [2.45, 2.75) is 18.9 Å². The van der Waals surface area contributed by atoms with Crippen LogP contribution in [0.5, 0.6) is 0 Å². The predicted molar refractivity (Wildman–Crippen MR) is 70.8 cm³/mol. The Morgan fingerprint density at radius 3 is 2.21 bits per heavy atom. The van der Waals surface area contributed by atoms with Crippen molar-refractivity contribution in [3.05, 3.63) is 35.4 Å². The molecule has 0 spiro atoms. The summed E-state index contributed by atoms with van der Waals surface area (Å²) in [5.41, 5.74) is -0.188. The van der Waals surface area contributed by atoms with Crippen molar-refractivity contribution >= 4 is 15.2 Å². The molecule has 1 aromatic carbocycles. The van der Waals surface area contributed by atoms with Crippen LogP contribution in [-0.4, -0.2) is 31.6 Å². The van der Waals surface area contributed by atoms with Gasteiger partial charge in [-0.25, -0.2) is 0 Å². The van der Waals surface area contributed by atoms with Gasteiger partial charge in [0.25, 0.3) is 0 Å². The maximum Gasteiger partial charge on any atom is 0.354 e. The molecule has 0 aliphatic heterocycles. The first-order chi connectivity index (χ1) is 8.60. The van der Waals surface area contributed by atoms with Gasteiger partial charge in [0.1, 0.15) is 0 Å². The molecule has 0 aliphatic carbocycles. The maximum atomic E-state index is 11.0. The van der Waals surface area contributed by atoms with Crippen molar-refractivity contribution in [3.8, 4) is 0 Å². The van der Waals surface area contributed by atoms with Gasteiger partial charge in [0.2, 0.25) is 5.52 Å². The summed E-state index contributed by atoms with van der Waals surface area (Å²) in [4.78, 5) is 35.6. The largest absolute Gasteiger partial charge is 0.354 e. The number of hydrogen-bond acceptors (Lipinski definition) is 3. The number of aryl methyl sites for hydroxylation is 1. The summed E-state index contributed by atoms with van der Waals surface area (Å²) in [6, 6.07) is 7.48. The summed E-state index contributed by atoms with van der Waals surface area (Å²) >= 11 is 0. The Hall–Kier alpha value is -0.520. The molecule has 0 unspecified atom stereocenters. The van der Waals surface area contributed by atoms with Gasteiger partial charge in [0.15, 0.2) is 0 Å². The van der Waals surface area contributed by atoms with E-state index in [2.05, 4.69) is 5.32 Å². The molecule has 7 nitrogen and oxygen atoms in total. The van der Waals surface area contributed by atoms with Crippen molar-refractivity contribution in [2.75, 3.05) is 6.54 Å². The molecule has 0 radical (unpaired) electrons. The monoisotopic (exact) mass is 309 g/mol. The normalized spacial score (nSPS) is 12.9. The van der Waals surface area contributed by atoms with E-state index in [1.54, 1.807) is 0 Å². The van der Waals surface area contributed by atoms with Crippen LogP contribution in [0.2, 0.25) is 0 Å². The van der Waals surface area contributed by atoms with Crippen LogP contribution in [0.3, 0.4) is 0 Å². The SMILES string of the molecule is Cc1cccc(CCNC(P(=O)(O)O)P(=O)(O)O)c1. The maximum absolute atomic E-state index is 11.0. The minimum Gasteiger partial charge on any atom is -0.323 e. The highest BCUT2D eigenvalue weighted by atomic mass is 31.2. The van der Waals surface area contributed by atoms with E-state index in [1.807, 2.05) is 31.2 Å². The molecule has 0 amide bonds. The Kier molecular flexibility index (Phi) is 5.47. The molecule has 0 atom stereocenters. The quantitative estimate of drug-likeness (QED) is 0.491. The van der Waals surface area contributed by atoms with Crippen molar-refractivity contribution < 1.29 is 28.7 Å². The fourth-order valence-corrected chi connectivity index (χ4v) is 3.95. The molecule has 0 aromatic heterocycles. The lowest BCUT2D eigenvalue weighted by atomic mass is 10.1. The third-order valence-electron chi connectivity index (χ3n) is 2.46. The van der Waals surface area contributed by atoms with Crippen molar-refractivity contribution in [1.29, 1.82) is 0 Å². The first-order valence-corrected chi connectivity index (χ1v) is 8.86. The van der Waals surface area contributed by atoms with Gasteiger partial charge in [0.05, 0.1) is 0 Å². The summed E-state index contributed by atoms with van der Waals surface area (Å²) in [5.74, 6) is 0. The van der Waals surface area contributed by atoms with Crippen LogP contribution in [0.15, 0.2) is 24.3 Å². The van der Waals surface area contributed by atoms with E-state index in [4.69, 9.17) is 19.6 Å². The van der Waals surface area contributed by atoms with Gasteiger partial charge >= 0.3 is 15.2 Å². The molecule has 9 heteroatoms. The molecule has 0 aliphatic rings. The third kappa shape index (κ3) is 5.55. The van der Waals surface area contributed by atoms with Crippen molar-refractivity contribution in [2.24, 2.45) is 0 Å². The lowest BCUT2D eigenvalue weighted by Crippen LogP contribution is -2.30. The molecule has 5 N–H and O–H groups in total. The van der Waals surface area contributed by atoms with Crippen LogP contribution in [0.1, 0.15) is 11.1 Å². The number of benzene rings is 1. The van der Waals surface area contributed by atoms with E-state index >= 15 is 0 Å². The van der Waals surface area contributed by atoms with Crippen molar-refractivity contribution in [3.63, 3.8) is 0 Å². The van der Waals surface area contributed by atoms with E-state index in [9.17, 15) is 9.13 Å². The van der Waals surface area contributed by atoms with Gasteiger partial charge in [-0.05, 0) is 18.9 Å². The Bertz CT molecular complexity index is 501. The molecule has 0 saturated carbocycles. The predicted octanol–water partition coefficient (Wildman–Crippen LogP) is 0.766. The van der Waals surface area contributed by atoms with E-state index in [1.165, 1.54) is 0 Å². The summed E-state index contributed by atoms with van der Waals surface area (Å²) in [5, 5.41) is 2.24. The molecule has 0 fully saturated rings. The van der Waals surface area contributed by atoms with E-state index in [0.29, 0.717) is 6.42 Å². The highest BCUT2D eigenvalue weighted by Crippen LogP contribution is 2.58. The van der Waals surface area contributed by atoms with Crippen LogP contribution in [-0.2, 0) is 15.6 Å². The Morgan fingerprint density at radius 2 is 1.74 bits per heavy atom. The highest BCUT2D eigenvalue weighted by molar-refractivity contribution is 7.70. The lowest BCUT2D eigenvalue weighted by molar-refractivity contribution is 0.328. The second-order valence-electron chi connectivity index (χ2n) is 4.25. The number of nitrogens with one attached hydrogen (secondary N) is 1. The van der Waals surface area contributed by atoms with E-state index in [-0.39, 0.29) is 6.54 Å². The Balaban J connectivity index is 2.64. The summed E-state index contributed by atoms with van der Waals surface area (Å²) in [7, 11) is -9.80. The van der Waals surface area contributed by atoms with Crippen LogP contribution >= 0.6 is 15.2 Å². The van der Waals surface area contributed by atoms with Gasteiger partial charge < -0.3 is 19.6 Å². The fourth-order valence-electron chi connectivity index (χ4n) is 1.65. The smallest absolute Gasteiger partial charge is 0.323 e. The highest BCUT2D eigenvalue weighted by Gasteiger charge is 2.42. The zero-order valence-corrected chi connectivity index (χ0v) is 12.1.